The van der Waals surface area contributed by atoms with Crippen molar-refractivity contribution in [3.8, 4) is 0 Å². The highest BCUT2D eigenvalue weighted by Crippen LogP contribution is 2.45. The summed E-state index contributed by atoms with van der Waals surface area (Å²) >= 11 is 0. The molecule has 0 radical (unpaired) electrons. The van der Waals surface area contributed by atoms with Crippen LogP contribution in [0.15, 0.2) is 0 Å². The van der Waals surface area contributed by atoms with E-state index in [1.54, 1.807) is 6.92 Å². The van der Waals surface area contributed by atoms with Crippen molar-refractivity contribution < 1.29 is 24.2 Å². The number of rotatable bonds is 12. The van der Waals surface area contributed by atoms with Crippen LogP contribution < -0.4 is 10.6 Å². The van der Waals surface area contributed by atoms with Gasteiger partial charge in [0.2, 0.25) is 11.8 Å². The number of nitrogens with one attached hydrogen (secondary N) is 2. The van der Waals surface area contributed by atoms with Gasteiger partial charge >= 0.3 is 5.97 Å². The molecule has 7 heteroatoms. The third-order valence-electron chi connectivity index (χ3n) is 4.89. The largest absolute Gasteiger partial charge is 0.481 e. The number of carboxylic acid groups (broad SMARTS) is 1. The van der Waals surface area contributed by atoms with Gasteiger partial charge in [0.1, 0.15) is 6.04 Å². The second-order valence-electron chi connectivity index (χ2n) is 7.08. The van der Waals surface area contributed by atoms with Crippen molar-refractivity contribution in [1.82, 2.24) is 10.6 Å². The Morgan fingerprint density at radius 2 is 1.88 bits per heavy atom. The molecule has 0 aliphatic heterocycles. The minimum absolute atomic E-state index is 0.0807. The number of carbonyl (C=O) groups excluding carboxylic acids is 2. The van der Waals surface area contributed by atoms with Crippen LogP contribution in [-0.4, -0.2) is 48.2 Å². The third-order valence-corrected chi connectivity index (χ3v) is 4.89. The van der Waals surface area contributed by atoms with Crippen LogP contribution in [0.3, 0.4) is 0 Å². The molecule has 2 amide bonds. The van der Waals surface area contributed by atoms with E-state index in [0.717, 1.165) is 19.3 Å². The first-order valence-electron chi connectivity index (χ1n) is 9.15. The van der Waals surface area contributed by atoms with Crippen LogP contribution in [-0.2, 0) is 19.1 Å². The van der Waals surface area contributed by atoms with Crippen LogP contribution in [0.2, 0.25) is 0 Å². The average molecular weight is 356 g/mol. The van der Waals surface area contributed by atoms with Gasteiger partial charge in [0.05, 0.1) is 11.5 Å². The van der Waals surface area contributed by atoms with Crippen LogP contribution in [0.1, 0.15) is 59.8 Å². The van der Waals surface area contributed by atoms with E-state index in [0.29, 0.717) is 25.4 Å². The Morgan fingerprint density at radius 3 is 2.32 bits per heavy atom. The standard InChI is InChI=1S/C18H32N2O5/c1-5-7-14(6-2)10-25-12(3)15(20-13(4)21)16(22)19-11-18(8-9-18)17(23)24/h12,14-15H,5-11H2,1-4H3,(H,19,22)(H,20,21)(H,23,24). The van der Waals surface area contributed by atoms with Crippen molar-refractivity contribution >= 4 is 17.8 Å². The summed E-state index contributed by atoms with van der Waals surface area (Å²) in [4.78, 5) is 35.1. The van der Waals surface area contributed by atoms with Gasteiger partial charge in [0.15, 0.2) is 0 Å². The number of hydrogen-bond donors (Lipinski definition) is 3. The quantitative estimate of drug-likeness (QED) is 0.494. The summed E-state index contributed by atoms with van der Waals surface area (Å²) in [5.74, 6) is -1.19. The first-order valence-corrected chi connectivity index (χ1v) is 9.15. The molecule has 25 heavy (non-hydrogen) atoms. The SMILES string of the molecule is CCCC(CC)COC(C)C(NC(C)=O)C(=O)NCC1(C(=O)O)CC1. The highest BCUT2D eigenvalue weighted by Gasteiger charge is 2.50. The second kappa shape index (κ2) is 9.75. The average Bonchev–Trinajstić information content (AvgIpc) is 3.35. The summed E-state index contributed by atoms with van der Waals surface area (Å²) < 4.78 is 5.83. The van der Waals surface area contributed by atoms with E-state index in [-0.39, 0.29) is 12.5 Å². The van der Waals surface area contributed by atoms with Crippen molar-refractivity contribution in [3.63, 3.8) is 0 Å². The van der Waals surface area contributed by atoms with E-state index >= 15 is 0 Å². The van der Waals surface area contributed by atoms with E-state index in [1.165, 1.54) is 6.92 Å². The molecule has 144 valence electrons. The summed E-state index contributed by atoms with van der Waals surface area (Å²) in [7, 11) is 0. The van der Waals surface area contributed by atoms with Crippen molar-refractivity contribution in [2.45, 2.75) is 71.9 Å². The van der Waals surface area contributed by atoms with E-state index in [4.69, 9.17) is 4.74 Å². The van der Waals surface area contributed by atoms with Crippen LogP contribution in [0.4, 0.5) is 0 Å². The maximum absolute atomic E-state index is 12.5. The van der Waals surface area contributed by atoms with Crippen molar-refractivity contribution in [1.29, 1.82) is 0 Å². The molecule has 0 aromatic heterocycles. The Morgan fingerprint density at radius 1 is 1.24 bits per heavy atom. The fraction of sp³-hybridized carbons (Fsp3) is 0.833. The molecule has 0 aromatic carbocycles. The molecule has 3 atom stereocenters. The minimum atomic E-state index is -0.890. The van der Waals surface area contributed by atoms with Crippen LogP contribution >= 0.6 is 0 Å². The van der Waals surface area contributed by atoms with Gasteiger partial charge in [-0.1, -0.05) is 26.7 Å². The Bertz CT molecular complexity index is 476. The smallest absolute Gasteiger partial charge is 0.311 e. The van der Waals surface area contributed by atoms with E-state index < -0.39 is 29.4 Å². The monoisotopic (exact) mass is 356 g/mol. The van der Waals surface area contributed by atoms with Crippen LogP contribution in [0.25, 0.3) is 0 Å². The minimum Gasteiger partial charge on any atom is -0.481 e. The fourth-order valence-electron chi connectivity index (χ4n) is 2.80. The normalized spacial score (nSPS) is 18.7. The lowest BCUT2D eigenvalue weighted by Gasteiger charge is -2.26. The topological polar surface area (TPSA) is 105 Å². The predicted molar refractivity (Wildman–Crippen MR) is 94.0 cm³/mol. The molecule has 3 unspecified atom stereocenters. The summed E-state index contributed by atoms with van der Waals surface area (Å²) in [5.41, 5.74) is -0.838. The zero-order chi connectivity index (χ0) is 19.0. The van der Waals surface area contributed by atoms with Crippen LogP contribution in [0.5, 0.6) is 0 Å². The Kier molecular flexibility index (Phi) is 8.35. The van der Waals surface area contributed by atoms with Gasteiger partial charge in [0, 0.05) is 20.1 Å². The first-order chi connectivity index (χ1) is 11.8. The maximum atomic E-state index is 12.5. The van der Waals surface area contributed by atoms with Gasteiger partial charge < -0.3 is 20.5 Å². The molecular weight excluding hydrogens is 324 g/mol. The van der Waals surface area contributed by atoms with Crippen molar-refractivity contribution in [3.05, 3.63) is 0 Å². The molecule has 0 spiro atoms. The van der Waals surface area contributed by atoms with Gasteiger partial charge in [-0.3, -0.25) is 14.4 Å². The zero-order valence-corrected chi connectivity index (χ0v) is 15.8. The molecule has 0 bridgehead atoms. The number of aliphatic carboxylic acids is 1. The van der Waals surface area contributed by atoms with Gasteiger partial charge in [-0.05, 0) is 32.1 Å². The van der Waals surface area contributed by atoms with Gasteiger partial charge in [-0.2, -0.15) is 0 Å². The summed E-state index contributed by atoms with van der Waals surface area (Å²) in [5, 5.41) is 14.5. The Balaban J connectivity index is 2.60. The van der Waals surface area contributed by atoms with Crippen molar-refractivity contribution in [2.75, 3.05) is 13.2 Å². The lowest BCUT2D eigenvalue weighted by atomic mass is 10.0. The first kappa shape index (κ1) is 21.4. The zero-order valence-electron chi connectivity index (χ0n) is 15.8. The van der Waals surface area contributed by atoms with Crippen molar-refractivity contribution in [2.24, 2.45) is 11.3 Å². The Labute approximate surface area is 149 Å². The predicted octanol–water partition coefficient (Wildman–Crippen LogP) is 1.70. The third kappa shape index (κ3) is 6.65. The number of carboxylic acids is 1. The van der Waals surface area contributed by atoms with Crippen LogP contribution in [0, 0.1) is 11.3 Å². The lowest BCUT2D eigenvalue weighted by Crippen LogP contribution is -2.54. The number of amides is 2. The highest BCUT2D eigenvalue weighted by atomic mass is 16.5. The fourth-order valence-corrected chi connectivity index (χ4v) is 2.80. The molecule has 3 N–H and O–H groups in total. The highest BCUT2D eigenvalue weighted by molar-refractivity contribution is 5.88. The molecule has 1 fully saturated rings. The van der Waals surface area contributed by atoms with Gasteiger partial charge in [-0.25, -0.2) is 0 Å². The molecule has 1 rings (SSSR count). The summed E-state index contributed by atoms with van der Waals surface area (Å²) in [6, 6.07) is -0.832. The van der Waals surface area contributed by atoms with Gasteiger partial charge in [0.25, 0.3) is 0 Å². The molecule has 0 heterocycles. The van der Waals surface area contributed by atoms with E-state index in [9.17, 15) is 19.5 Å². The lowest BCUT2D eigenvalue weighted by molar-refractivity contribution is -0.143. The van der Waals surface area contributed by atoms with E-state index in [2.05, 4.69) is 24.5 Å². The van der Waals surface area contributed by atoms with Gasteiger partial charge in [-0.15, -0.1) is 0 Å². The Hall–Kier alpha value is -1.63. The molecular formula is C18H32N2O5. The molecule has 0 saturated heterocycles. The molecule has 1 aliphatic carbocycles. The maximum Gasteiger partial charge on any atom is 0.311 e. The summed E-state index contributed by atoms with van der Waals surface area (Å²) in [6.45, 7) is 7.94. The summed E-state index contributed by atoms with van der Waals surface area (Å²) in [6.07, 6.45) is 3.77. The van der Waals surface area contributed by atoms with E-state index in [1.807, 2.05) is 0 Å². The molecule has 1 saturated carbocycles. The molecule has 0 aromatic rings. The number of hydrogen-bond acceptors (Lipinski definition) is 4. The number of carbonyl (C=O) groups is 3. The molecule has 1 aliphatic rings. The second-order valence-corrected chi connectivity index (χ2v) is 7.08. The molecule has 7 nitrogen and oxygen atoms in total. The number of ether oxygens (including phenoxy) is 1.